The third kappa shape index (κ3) is 8.90. The number of amides is 1. The highest BCUT2D eigenvalue weighted by Gasteiger charge is 1.99. The van der Waals surface area contributed by atoms with Crippen molar-refractivity contribution in [2.75, 3.05) is 27.2 Å². The number of rotatable bonds is 6. The fraction of sp³-hybridized carbons (Fsp3) is 0.700. The van der Waals surface area contributed by atoms with Crippen LogP contribution in [0.5, 0.6) is 0 Å². The van der Waals surface area contributed by atoms with Crippen molar-refractivity contribution < 1.29 is 4.79 Å². The summed E-state index contributed by atoms with van der Waals surface area (Å²) in [6.45, 7) is 1.59. The van der Waals surface area contributed by atoms with Crippen LogP contribution in [0.25, 0.3) is 0 Å². The van der Waals surface area contributed by atoms with Gasteiger partial charge >= 0.3 is 0 Å². The quantitative estimate of drug-likeness (QED) is 0.478. The zero-order valence-corrected chi connectivity index (χ0v) is 8.47. The largest absolute Gasteiger partial charge is 0.355 e. The number of nitrogens with zero attached hydrogens (tertiary/aromatic N) is 1. The Morgan fingerprint density at radius 1 is 1.54 bits per heavy atom. The Morgan fingerprint density at radius 3 is 2.77 bits per heavy atom. The van der Waals surface area contributed by atoms with Crippen molar-refractivity contribution in [2.24, 2.45) is 0 Å². The van der Waals surface area contributed by atoms with Crippen LogP contribution in [0.1, 0.15) is 19.3 Å². The fourth-order valence-corrected chi connectivity index (χ4v) is 0.858. The maximum absolute atomic E-state index is 11.1. The summed E-state index contributed by atoms with van der Waals surface area (Å²) < 4.78 is 0. The monoisotopic (exact) mass is 182 g/mol. The molecule has 74 valence electrons. The first kappa shape index (κ1) is 12.0. The van der Waals surface area contributed by atoms with Crippen LogP contribution < -0.4 is 5.32 Å². The molecule has 0 fully saturated rings. The van der Waals surface area contributed by atoms with E-state index in [9.17, 15) is 4.79 Å². The number of terminal acetylenes is 1. The van der Waals surface area contributed by atoms with Gasteiger partial charge in [0, 0.05) is 25.9 Å². The Balaban J connectivity index is 3.26. The Labute approximate surface area is 80.5 Å². The van der Waals surface area contributed by atoms with Crippen molar-refractivity contribution in [1.82, 2.24) is 10.2 Å². The van der Waals surface area contributed by atoms with E-state index in [1.807, 2.05) is 19.0 Å². The molecular formula is C10H18N2O. The summed E-state index contributed by atoms with van der Waals surface area (Å²) in [7, 11) is 3.95. The molecule has 0 heterocycles. The second-order valence-electron chi connectivity index (χ2n) is 3.21. The first-order valence-corrected chi connectivity index (χ1v) is 4.51. The van der Waals surface area contributed by atoms with Gasteiger partial charge in [0.1, 0.15) is 0 Å². The molecule has 0 aliphatic heterocycles. The molecule has 3 nitrogen and oxygen atoms in total. The molecule has 3 heteroatoms. The van der Waals surface area contributed by atoms with E-state index in [0.29, 0.717) is 19.4 Å². The molecule has 0 aromatic rings. The van der Waals surface area contributed by atoms with Gasteiger partial charge in [-0.2, -0.15) is 0 Å². The van der Waals surface area contributed by atoms with Gasteiger partial charge in [0.25, 0.3) is 0 Å². The van der Waals surface area contributed by atoms with Gasteiger partial charge in [0.15, 0.2) is 0 Å². The number of likely N-dealkylation sites (N-methyl/N-ethyl adjacent to an activating group) is 1. The van der Waals surface area contributed by atoms with Gasteiger partial charge in [-0.25, -0.2) is 0 Å². The number of hydrogen-bond donors (Lipinski definition) is 1. The highest BCUT2D eigenvalue weighted by Crippen LogP contribution is 1.92. The fourth-order valence-electron chi connectivity index (χ4n) is 0.858. The van der Waals surface area contributed by atoms with Gasteiger partial charge in [0.2, 0.25) is 5.91 Å². The number of nitrogens with one attached hydrogen (secondary N) is 1. The highest BCUT2D eigenvalue weighted by molar-refractivity contribution is 5.75. The molecule has 0 aliphatic rings. The van der Waals surface area contributed by atoms with Crippen molar-refractivity contribution in [2.45, 2.75) is 19.3 Å². The maximum Gasteiger partial charge on any atom is 0.220 e. The predicted molar refractivity (Wildman–Crippen MR) is 54.2 cm³/mol. The van der Waals surface area contributed by atoms with Crippen molar-refractivity contribution >= 4 is 5.91 Å². The minimum atomic E-state index is 0.0945. The molecule has 13 heavy (non-hydrogen) atoms. The van der Waals surface area contributed by atoms with Gasteiger partial charge in [-0.15, -0.1) is 12.3 Å². The number of carbonyl (C=O) groups excluding carboxylic acids is 1. The first-order chi connectivity index (χ1) is 6.16. The third-order valence-electron chi connectivity index (χ3n) is 1.61. The molecule has 0 bridgehead atoms. The summed E-state index contributed by atoms with van der Waals surface area (Å²) in [4.78, 5) is 13.1. The van der Waals surface area contributed by atoms with Gasteiger partial charge in [-0.05, 0) is 20.5 Å². The van der Waals surface area contributed by atoms with Gasteiger partial charge in [-0.1, -0.05) is 0 Å². The minimum Gasteiger partial charge on any atom is -0.355 e. The van der Waals surface area contributed by atoms with Crippen molar-refractivity contribution in [1.29, 1.82) is 0 Å². The van der Waals surface area contributed by atoms with E-state index >= 15 is 0 Å². The number of carbonyl (C=O) groups is 1. The van der Waals surface area contributed by atoms with E-state index < -0.39 is 0 Å². The van der Waals surface area contributed by atoms with Gasteiger partial charge < -0.3 is 10.2 Å². The lowest BCUT2D eigenvalue weighted by Gasteiger charge is -2.09. The molecule has 0 saturated heterocycles. The van der Waals surface area contributed by atoms with Crippen LogP contribution in [-0.2, 0) is 4.79 Å². The Bertz CT molecular complexity index is 182. The molecule has 1 N–H and O–H groups in total. The zero-order valence-electron chi connectivity index (χ0n) is 8.47. The van der Waals surface area contributed by atoms with E-state index in [1.165, 1.54) is 0 Å². The molecule has 0 radical (unpaired) electrons. The second kappa shape index (κ2) is 7.63. The van der Waals surface area contributed by atoms with Crippen LogP contribution >= 0.6 is 0 Å². The molecule has 0 aromatic carbocycles. The van der Waals surface area contributed by atoms with Crippen LogP contribution in [0.4, 0.5) is 0 Å². The molecular weight excluding hydrogens is 164 g/mol. The molecule has 0 spiro atoms. The number of unbranched alkanes of at least 4 members (excludes halogenated alkanes) is 1. The second-order valence-corrected chi connectivity index (χ2v) is 3.21. The van der Waals surface area contributed by atoms with E-state index in [-0.39, 0.29) is 5.91 Å². The third-order valence-corrected chi connectivity index (χ3v) is 1.61. The molecule has 0 saturated carbocycles. The molecule has 0 atom stereocenters. The predicted octanol–water partition coefficient (Wildman–Crippen LogP) is 0.468. The van der Waals surface area contributed by atoms with Gasteiger partial charge in [0.05, 0.1) is 0 Å². The molecule has 0 aliphatic carbocycles. The number of hydrogen-bond acceptors (Lipinski definition) is 2. The minimum absolute atomic E-state index is 0.0945. The molecule has 0 aromatic heterocycles. The summed E-state index contributed by atoms with van der Waals surface area (Å²) >= 11 is 0. The Hall–Kier alpha value is -1.01. The van der Waals surface area contributed by atoms with Crippen LogP contribution in [0, 0.1) is 12.3 Å². The standard InChI is InChI=1S/C10H18N2O/c1-4-5-6-7-10(13)11-8-9-12(2)3/h1H,5-9H2,2-3H3,(H,11,13). The zero-order chi connectivity index (χ0) is 10.1. The lowest BCUT2D eigenvalue weighted by atomic mass is 10.2. The normalized spacial score (nSPS) is 9.69. The lowest BCUT2D eigenvalue weighted by Crippen LogP contribution is -2.31. The molecule has 1 amide bonds. The summed E-state index contributed by atoms with van der Waals surface area (Å²) in [5, 5.41) is 2.82. The van der Waals surface area contributed by atoms with E-state index in [1.54, 1.807) is 0 Å². The smallest absolute Gasteiger partial charge is 0.220 e. The van der Waals surface area contributed by atoms with Gasteiger partial charge in [-0.3, -0.25) is 4.79 Å². The van der Waals surface area contributed by atoms with E-state index in [2.05, 4.69) is 11.2 Å². The molecule has 0 unspecified atom stereocenters. The average molecular weight is 182 g/mol. The molecule has 0 rings (SSSR count). The summed E-state index contributed by atoms with van der Waals surface area (Å²) in [5.41, 5.74) is 0. The Kier molecular flexibility index (Phi) is 7.04. The van der Waals surface area contributed by atoms with Crippen LogP contribution in [0.15, 0.2) is 0 Å². The lowest BCUT2D eigenvalue weighted by molar-refractivity contribution is -0.121. The summed E-state index contributed by atoms with van der Waals surface area (Å²) in [6, 6.07) is 0. The van der Waals surface area contributed by atoms with Crippen molar-refractivity contribution in [3.8, 4) is 12.3 Å². The van der Waals surface area contributed by atoms with Crippen molar-refractivity contribution in [3.63, 3.8) is 0 Å². The maximum atomic E-state index is 11.1. The van der Waals surface area contributed by atoms with Crippen LogP contribution in [0.3, 0.4) is 0 Å². The van der Waals surface area contributed by atoms with Crippen LogP contribution in [0.2, 0.25) is 0 Å². The Morgan fingerprint density at radius 2 is 2.23 bits per heavy atom. The first-order valence-electron chi connectivity index (χ1n) is 4.51. The average Bonchev–Trinajstić information content (AvgIpc) is 2.04. The summed E-state index contributed by atoms with van der Waals surface area (Å²) in [5.74, 6) is 2.60. The topological polar surface area (TPSA) is 32.3 Å². The summed E-state index contributed by atoms with van der Waals surface area (Å²) in [6.07, 6.45) is 7.07. The van der Waals surface area contributed by atoms with Crippen LogP contribution in [-0.4, -0.2) is 38.0 Å². The highest BCUT2D eigenvalue weighted by atomic mass is 16.1. The van der Waals surface area contributed by atoms with Crippen molar-refractivity contribution in [3.05, 3.63) is 0 Å². The van der Waals surface area contributed by atoms with E-state index in [4.69, 9.17) is 6.42 Å². The van der Waals surface area contributed by atoms with E-state index in [0.717, 1.165) is 13.0 Å². The SMILES string of the molecule is C#CCCCC(=O)NCCN(C)C.